The lowest BCUT2D eigenvalue weighted by atomic mass is 10.1. The van der Waals surface area contributed by atoms with E-state index in [1.54, 1.807) is 41.4 Å². The smallest absolute Gasteiger partial charge is 0.265 e. The molecule has 0 unspecified atom stereocenters. The van der Waals surface area contributed by atoms with Crippen LogP contribution in [0.2, 0.25) is 0 Å². The van der Waals surface area contributed by atoms with Crippen molar-refractivity contribution in [3.8, 4) is 5.75 Å². The second-order valence-electron chi connectivity index (χ2n) is 8.04. The second kappa shape index (κ2) is 8.90. The van der Waals surface area contributed by atoms with Crippen LogP contribution in [0.15, 0.2) is 66.9 Å². The number of halogens is 1. The Hall–Kier alpha value is -3.94. The fourth-order valence-corrected chi connectivity index (χ4v) is 4.14. The number of rotatable bonds is 4. The highest BCUT2D eigenvalue weighted by Crippen LogP contribution is 2.34. The van der Waals surface area contributed by atoms with Crippen LogP contribution in [0.3, 0.4) is 0 Å². The molecule has 33 heavy (non-hydrogen) atoms. The van der Waals surface area contributed by atoms with Crippen LogP contribution in [-0.2, 0) is 11.3 Å². The van der Waals surface area contributed by atoms with Crippen molar-refractivity contribution in [3.05, 3.63) is 83.8 Å². The first kappa shape index (κ1) is 20.9. The third kappa shape index (κ3) is 4.37. The van der Waals surface area contributed by atoms with Gasteiger partial charge in [0.2, 0.25) is 0 Å². The van der Waals surface area contributed by atoms with E-state index in [9.17, 15) is 14.0 Å². The molecule has 3 heterocycles. The summed E-state index contributed by atoms with van der Waals surface area (Å²) in [5.41, 5.74) is 1.84. The first-order chi connectivity index (χ1) is 16.1. The minimum atomic E-state index is -0.330. The van der Waals surface area contributed by atoms with Gasteiger partial charge in [0, 0.05) is 37.9 Å². The highest BCUT2D eigenvalue weighted by Gasteiger charge is 2.28. The van der Waals surface area contributed by atoms with Crippen LogP contribution in [0.1, 0.15) is 15.9 Å². The third-order valence-electron chi connectivity index (χ3n) is 5.94. The van der Waals surface area contributed by atoms with Crippen LogP contribution in [0.5, 0.6) is 5.75 Å². The minimum Gasteiger partial charge on any atom is -0.482 e. The van der Waals surface area contributed by atoms with Gasteiger partial charge in [-0.25, -0.2) is 9.37 Å². The molecule has 2 aliphatic rings. The normalized spacial score (nSPS) is 15.8. The van der Waals surface area contributed by atoms with Gasteiger partial charge in [0.05, 0.1) is 12.2 Å². The highest BCUT2D eigenvalue weighted by atomic mass is 19.1. The molecule has 2 aliphatic heterocycles. The first-order valence-electron chi connectivity index (χ1n) is 10.9. The lowest BCUT2D eigenvalue weighted by Gasteiger charge is -2.35. The predicted molar refractivity (Wildman–Crippen MR) is 122 cm³/mol. The first-order valence-corrected chi connectivity index (χ1v) is 10.9. The van der Waals surface area contributed by atoms with Gasteiger partial charge in [-0.2, -0.15) is 0 Å². The molecule has 1 fully saturated rings. The highest BCUT2D eigenvalue weighted by molar-refractivity contribution is 6.01. The number of nitrogens with zero attached hydrogens (tertiary/aromatic N) is 4. The lowest BCUT2D eigenvalue weighted by Crippen LogP contribution is -2.49. The predicted octanol–water partition coefficient (Wildman–Crippen LogP) is 3.11. The standard InChI is InChI=1S/C25H23FN4O3/c26-20-7-4-18(5-8-20)16-30-21-15-19(6-9-22(21)33-17-24(30)31)25(32)29-13-11-28(12-14-29)23-3-1-2-10-27-23/h1-10,15H,11-14,16-17H2. The SMILES string of the molecule is O=C(c1ccc2c(c1)N(Cc1ccc(F)cc1)C(=O)CO2)N1CCN(c2ccccn2)CC1. The summed E-state index contributed by atoms with van der Waals surface area (Å²) in [5.74, 6) is 0.834. The Morgan fingerprint density at radius 2 is 1.79 bits per heavy atom. The van der Waals surface area contributed by atoms with Gasteiger partial charge in [0.25, 0.3) is 11.8 Å². The van der Waals surface area contributed by atoms with Crippen LogP contribution in [-0.4, -0.2) is 54.5 Å². The van der Waals surface area contributed by atoms with Crippen LogP contribution >= 0.6 is 0 Å². The third-order valence-corrected chi connectivity index (χ3v) is 5.94. The van der Waals surface area contributed by atoms with Gasteiger partial charge in [-0.3, -0.25) is 9.59 Å². The van der Waals surface area contributed by atoms with Crippen LogP contribution in [0.4, 0.5) is 15.9 Å². The van der Waals surface area contributed by atoms with Crippen molar-refractivity contribution in [3.63, 3.8) is 0 Å². The Balaban J connectivity index is 1.33. The Labute approximate surface area is 191 Å². The number of fused-ring (bicyclic) bond motifs is 1. The van der Waals surface area contributed by atoms with E-state index in [0.717, 1.165) is 11.4 Å². The Morgan fingerprint density at radius 3 is 2.52 bits per heavy atom. The molecular formula is C25H23FN4O3. The fourth-order valence-electron chi connectivity index (χ4n) is 4.14. The van der Waals surface area contributed by atoms with Crippen LogP contribution < -0.4 is 14.5 Å². The molecule has 2 aromatic carbocycles. The maximum absolute atomic E-state index is 13.3. The van der Waals surface area contributed by atoms with E-state index in [1.165, 1.54) is 12.1 Å². The molecule has 1 aromatic heterocycles. The summed E-state index contributed by atoms with van der Waals surface area (Å²) < 4.78 is 18.8. The molecule has 0 radical (unpaired) electrons. The number of anilines is 2. The zero-order valence-corrected chi connectivity index (χ0v) is 18.0. The van der Waals surface area contributed by atoms with Gasteiger partial charge in [0.1, 0.15) is 17.4 Å². The van der Waals surface area contributed by atoms with Gasteiger partial charge in [-0.1, -0.05) is 18.2 Å². The molecule has 7 nitrogen and oxygen atoms in total. The number of hydrogen-bond acceptors (Lipinski definition) is 5. The minimum absolute atomic E-state index is 0.0725. The van der Waals surface area contributed by atoms with Crippen molar-refractivity contribution < 1.29 is 18.7 Å². The molecule has 0 saturated carbocycles. The molecule has 0 bridgehead atoms. The lowest BCUT2D eigenvalue weighted by molar-refractivity contribution is -0.121. The van der Waals surface area contributed by atoms with Crippen LogP contribution in [0, 0.1) is 5.82 Å². The number of benzene rings is 2. The van der Waals surface area contributed by atoms with E-state index in [2.05, 4.69) is 9.88 Å². The Morgan fingerprint density at radius 1 is 1.00 bits per heavy atom. The monoisotopic (exact) mass is 446 g/mol. The van der Waals surface area contributed by atoms with Crippen molar-refractivity contribution in [2.75, 3.05) is 42.6 Å². The van der Waals surface area contributed by atoms with Gasteiger partial charge < -0.3 is 19.4 Å². The number of hydrogen-bond donors (Lipinski definition) is 0. The average molecular weight is 446 g/mol. The maximum atomic E-state index is 13.3. The number of carbonyl (C=O) groups is 2. The van der Waals surface area contributed by atoms with E-state index >= 15 is 0 Å². The summed E-state index contributed by atoms with van der Waals surface area (Å²) in [6, 6.07) is 17.0. The quantitative estimate of drug-likeness (QED) is 0.616. The van der Waals surface area contributed by atoms with Gasteiger partial charge in [0.15, 0.2) is 6.61 Å². The van der Waals surface area contributed by atoms with E-state index in [0.29, 0.717) is 43.2 Å². The van der Waals surface area contributed by atoms with Gasteiger partial charge in [-0.05, 0) is 48.0 Å². The molecule has 2 amide bonds. The number of aromatic nitrogens is 1. The van der Waals surface area contributed by atoms with E-state index in [4.69, 9.17) is 4.74 Å². The molecule has 0 spiro atoms. The average Bonchev–Trinajstić information content (AvgIpc) is 2.87. The molecule has 0 atom stereocenters. The molecule has 0 aliphatic carbocycles. The maximum Gasteiger partial charge on any atom is 0.265 e. The summed E-state index contributed by atoms with van der Waals surface area (Å²) >= 11 is 0. The van der Waals surface area contributed by atoms with Crippen molar-refractivity contribution in [2.24, 2.45) is 0 Å². The number of amides is 2. The van der Waals surface area contributed by atoms with Crippen molar-refractivity contribution >= 4 is 23.3 Å². The zero-order valence-electron chi connectivity index (χ0n) is 18.0. The molecule has 8 heteroatoms. The fraction of sp³-hybridized carbons (Fsp3) is 0.240. The van der Waals surface area contributed by atoms with Crippen molar-refractivity contribution in [2.45, 2.75) is 6.54 Å². The molecule has 5 rings (SSSR count). The molecule has 0 N–H and O–H groups in total. The van der Waals surface area contributed by atoms with E-state index in [-0.39, 0.29) is 30.8 Å². The summed E-state index contributed by atoms with van der Waals surface area (Å²) in [7, 11) is 0. The summed E-state index contributed by atoms with van der Waals surface area (Å²) in [6.45, 7) is 2.77. The Bertz CT molecular complexity index is 1160. The van der Waals surface area contributed by atoms with Crippen molar-refractivity contribution in [1.29, 1.82) is 0 Å². The van der Waals surface area contributed by atoms with Gasteiger partial charge in [-0.15, -0.1) is 0 Å². The Kier molecular flexibility index (Phi) is 5.64. The van der Waals surface area contributed by atoms with Crippen LogP contribution in [0.25, 0.3) is 0 Å². The second-order valence-corrected chi connectivity index (χ2v) is 8.04. The topological polar surface area (TPSA) is 66.0 Å². The number of ether oxygens (including phenoxy) is 1. The number of carbonyl (C=O) groups excluding carboxylic acids is 2. The molecule has 168 valence electrons. The summed E-state index contributed by atoms with van der Waals surface area (Å²) in [4.78, 5) is 35.8. The van der Waals surface area contributed by atoms with E-state index in [1.807, 2.05) is 23.1 Å². The molecule has 1 saturated heterocycles. The number of piperazine rings is 1. The summed E-state index contributed by atoms with van der Waals surface area (Å²) in [5, 5.41) is 0. The summed E-state index contributed by atoms with van der Waals surface area (Å²) in [6.07, 6.45) is 1.76. The molecule has 3 aromatic rings. The molecular weight excluding hydrogens is 423 g/mol. The zero-order chi connectivity index (χ0) is 22.8. The largest absolute Gasteiger partial charge is 0.482 e. The number of pyridine rings is 1. The van der Waals surface area contributed by atoms with E-state index < -0.39 is 0 Å². The van der Waals surface area contributed by atoms with Crippen molar-refractivity contribution in [1.82, 2.24) is 9.88 Å². The van der Waals surface area contributed by atoms with Gasteiger partial charge >= 0.3 is 0 Å².